The second-order valence-electron chi connectivity index (χ2n) is 7.52. The summed E-state index contributed by atoms with van der Waals surface area (Å²) < 4.78 is 12.5. The number of fused-ring (bicyclic) bond motifs is 1. The molecule has 0 bridgehead atoms. The first-order valence-corrected chi connectivity index (χ1v) is 10.3. The molecular weight excluding hydrogens is 416 g/mol. The lowest BCUT2D eigenvalue weighted by Gasteiger charge is -2.16. The summed E-state index contributed by atoms with van der Waals surface area (Å²) in [7, 11) is 3.27. The number of nitrogens with one attached hydrogen (secondary N) is 1. The molecule has 11 heteroatoms. The number of hydrogen-bond donors (Lipinski definition) is 3. The molecule has 2 aromatic heterocycles. The summed E-state index contributed by atoms with van der Waals surface area (Å²) in [6.07, 6.45) is 1.82. The van der Waals surface area contributed by atoms with E-state index in [0.717, 1.165) is 24.0 Å². The van der Waals surface area contributed by atoms with Crippen molar-refractivity contribution in [3.8, 4) is 11.8 Å². The number of carboxylic acids is 1. The Morgan fingerprint density at radius 2 is 2.12 bits per heavy atom. The fraction of sp³-hybridized carbons (Fsp3) is 0.429. The second kappa shape index (κ2) is 10.1. The number of aliphatic carboxylic acids is 1. The quantitative estimate of drug-likeness (QED) is 0.374. The van der Waals surface area contributed by atoms with E-state index in [4.69, 9.17) is 20.3 Å². The number of carbonyl (C=O) groups is 1. The van der Waals surface area contributed by atoms with Crippen LogP contribution in [0.4, 0.5) is 5.82 Å². The molecule has 0 aliphatic heterocycles. The minimum atomic E-state index is -0.894. The smallest absolute Gasteiger partial charge is 0.328 e. The van der Waals surface area contributed by atoms with Crippen molar-refractivity contribution in [2.45, 2.75) is 32.9 Å². The van der Waals surface area contributed by atoms with Crippen LogP contribution in [0.1, 0.15) is 30.9 Å². The Balaban J connectivity index is 1.90. The molecule has 0 amide bonds. The number of nitrogen functional groups attached to an aromatic ring is 1. The molecule has 0 saturated carbocycles. The van der Waals surface area contributed by atoms with Crippen LogP contribution in [0.25, 0.3) is 11.2 Å². The molecule has 0 aliphatic rings. The molecule has 0 atom stereocenters. The number of likely N-dealkylation sites (N-methyl/N-ethyl adjacent to an activating group) is 1. The van der Waals surface area contributed by atoms with E-state index < -0.39 is 5.97 Å². The second-order valence-corrected chi connectivity index (χ2v) is 7.52. The first kappa shape index (κ1) is 23.1. The minimum Gasteiger partial charge on any atom is -0.496 e. The van der Waals surface area contributed by atoms with Crippen LogP contribution in [0.2, 0.25) is 0 Å². The van der Waals surface area contributed by atoms with E-state index in [9.17, 15) is 9.59 Å². The molecule has 0 unspecified atom stereocenters. The highest BCUT2D eigenvalue weighted by atomic mass is 16.5. The number of methoxy groups -OCH3 is 1. The Hall–Kier alpha value is -3.60. The van der Waals surface area contributed by atoms with E-state index in [2.05, 4.69) is 21.9 Å². The predicted octanol–water partition coefficient (Wildman–Crippen LogP) is 1.45. The van der Waals surface area contributed by atoms with Crippen LogP contribution in [0, 0.1) is 0 Å². The Morgan fingerprint density at radius 3 is 2.81 bits per heavy atom. The Labute approximate surface area is 184 Å². The topological polar surface area (TPSA) is 149 Å². The predicted molar refractivity (Wildman–Crippen MR) is 119 cm³/mol. The fourth-order valence-electron chi connectivity index (χ4n) is 3.34. The van der Waals surface area contributed by atoms with E-state index in [1.165, 1.54) is 4.57 Å². The summed E-state index contributed by atoms with van der Waals surface area (Å²) in [6, 6.07) is 5.67. The lowest BCUT2D eigenvalue weighted by Crippen LogP contribution is -2.25. The number of benzene rings is 1. The lowest BCUT2D eigenvalue weighted by molar-refractivity contribution is -0.138. The Bertz CT molecular complexity index is 1160. The number of aromatic nitrogens is 4. The van der Waals surface area contributed by atoms with Gasteiger partial charge in [0.15, 0.2) is 11.5 Å². The Morgan fingerprint density at radius 1 is 1.34 bits per heavy atom. The van der Waals surface area contributed by atoms with Gasteiger partial charge >= 0.3 is 17.7 Å². The van der Waals surface area contributed by atoms with E-state index in [-0.39, 0.29) is 30.6 Å². The monoisotopic (exact) mass is 444 g/mol. The molecule has 0 saturated heterocycles. The number of rotatable bonds is 11. The fourth-order valence-corrected chi connectivity index (χ4v) is 3.34. The van der Waals surface area contributed by atoms with Crippen LogP contribution in [0.3, 0.4) is 0 Å². The van der Waals surface area contributed by atoms with Crippen molar-refractivity contribution in [1.29, 1.82) is 0 Å². The van der Waals surface area contributed by atoms with Gasteiger partial charge < -0.3 is 25.3 Å². The molecule has 11 nitrogen and oxygen atoms in total. The van der Waals surface area contributed by atoms with Gasteiger partial charge in [0.2, 0.25) is 0 Å². The molecule has 32 heavy (non-hydrogen) atoms. The average Bonchev–Trinajstić information content (AvgIpc) is 3.04. The van der Waals surface area contributed by atoms with Crippen molar-refractivity contribution in [1.82, 2.24) is 24.4 Å². The van der Waals surface area contributed by atoms with Crippen molar-refractivity contribution in [2.75, 3.05) is 33.0 Å². The maximum atomic E-state index is 12.6. The maximum absolute atomic E-state index is 12.6. The third-order valence-corrected chi connectivity index (χ3v) is 4.90. The number of H-pyrrole nitrogens is 1. The SMILES string of the molecule is CCCCOc1nc(N)c2[nH]c(=O)n(Cc3ccc(CN(C)CC(=O)O)cc3OC)c2n1. The first-order valence-electron chi connectivity index (χ1n) is 10.3. The summed E-state index contributed by atoms with van der Waals surface area (Å²) in [4.78, 5) is 36.4. The van der Waals surface area contributed by atoms with Gasteiger partial charge in [-0.15, -0.1) is 0 Å². The van der Waals surface area contributed by atoms with Crippen molar-refractivity contribution < 1.29 is 19.4 Å². The number of hydrogen-bond acceptors (Lipinski definition) is 8. The van der Waals surface area contributed by atoms with Gasteiger partial charge in [-0.3, -0.25) is 14.3 Å². The molecular formula is C21H28N6O5. The minimum absolute atomic E-state index is 0.0708. The summed E-state index contributed by atoms with van der Waals surface area (Å²) in [5.41, 5.74) is 7.97. The van der Waals surface area contributed by atoms with Gasteiger partial charge in [-0.25, -0.2) is 4.79 Å². The van der Waals surface area contributed by atoms with Gasteiger partial charge in [0, 0.05) is 12.1 Å². The standard InChI is InChI=1S/C21H28N6O5/c1-4-5-8-32-20-24-18(22)17-19(25-20)27(21(30)23-17)11-14-7-6-13(9-15(14)31-3)10-26(2)12-16(28)29/h6-7,9H,4-5,8,10-12H2,1-3H3,(H,23,30)(H,28,29)(H2,22,24,25). The molecule has 3 rings (SSSR count). The average molecular weight is 444 g/mol. The molecule has 0 aliphatic carbocycles. The van der Waals surface area contributed by atoms with Crippen LogP contribution in [-0.4, -0.2) is 62.8 Å². The molecule has 172 valence electrons. The largest absolute Gasteiger partial charge is 0.496 e. The summed E-state index contributed by atoms with van der Waals surface area (Å²) in [6.45, 7) is 3.07. The van der Waals surface area contributed by atoms with Crippen molar-refractivity contribution >= 4 is 23.0 Å². The van der Waals surface area contributed by atoms with E-state index in [0.29, 0.717) is 30.1 Å². The van der Waals surface area contributed by atoms with Crippen LogP contribution in [0.15, 0.2) is 23.0 Å². The summed E-state index contributed by atoms with van der Waals surface area (Å²) >= 11 is 0. The van der Waals surface area contributed by atoms with Crippen molar-refractivity contribution in [2.24, 2.45) is 0 Å². The number of aromatic amines is 1. The number of carboxylic acid groups (broad SMARTS) is 1. The number of ether oxygens (including phenoxy) is 2. The van der Waals surface area contributed by atoms with Gasteiger partial charge in [-0.05, 0) is 25.1 Å². The normalized spacial score (nSPS) is 11.2. The zero-order valence-electron chi connectivity index (χ0n) is 18.4. The first-order chi connectivity index (χ1) is 15.3. The lowest BCUT2D eigenvalue weighted by atomic mass is 10.1. The van der Waals surface area contributed by atoms with Gasteiger partial charge in [0.1, 0.15) is 11.3 Å². The Kier molecular flexibility index (Phi) is 7.31. The van der Waals surface area contributed by atoms with Crippen LogP contribution in [0.5, 0.6) is 11.8 Å². The molecule has 0 radical (unpaired) electrons. The number of nitrogens with zero attached hydrogens (tertiary/aromatic N) is 4. The highest BCUT2D eigenvalue weighted by molar-refractivity contribution is 5.82. The molecule has 2 heterocycles. The third-order valence-electron chi connectivity index (χ3n) is 4.90. The zero-order valence-corrected chi connectivity index (χ0v) is 18.4. The van der Waals surface area contributed by atoms with E-state index >= 15 is 0 Å². The maximum Gasteiger partial charge on any atom is 0.328 e. The highest BCUT2D eigenvalue weighted by Crippen LogP contribution is 2.24. The van der Waals surface area contributed by atoms with E-state index in [1.807, 2.05) is 18.2 Å². The molecule has 3 aromatic rings. The van der Waals surface area contributed by atoms with Gasteiger partial charge in [0.25, 0.3) is 0 Å². The number of anilines is 1. The van der Waals surface area contributed by atoms with Crippen LogP contribution >= 0.6 is 0 Å². The van der Waals surface area contributed by atoms with Gasteiger partial charge in [-0.2, -0.15) is 9.97 Å². The molecule has 0 spiro atoms. The van der Waals surface area contributed by atoms with Gasteiger partial charge in [-0.1, -0.05) is 25.5 Å². The molecule has 0 fully saturated rings. The van der Waals surface area contributed by atoms with Gasteiger partial charge in [0.05, 0.1) is 26.8 Å². The van der Waals surface area contributed by atoms with Crippen molar-refractivity contribution in [3.63, 3.8) is 0 Å². The highest BCUT2D eigenvalue weighted by Gasteiger charge is 2.17. The molecule has 4 N–H and O–H groups in total. The number of imidazole rings is 1. The number of nitrogens with two attached hydrogens (primary N) is 1. The third kappa shape index (κ3) is 5.35. The number of unbranched alkanes of at least 4 members (excludes halogenated alkanes) is 1. The van der Waals surface area contributed by atoms with E-state index in [1.54, 1.807) is 19.1 Å². The molecule has 1 aromatic carbocycles. The summed E-state index contributed by atoms with van der Waals surface area (Å²) in [5, 5.41) is 8.93. The van der Waals surface area contributed by atoms with Crippen molar-refractivity contribution in [3.05, 3.63) is 39.8 Å². The van der Waals surface area contributed by atoms with Crippen LogP contribution < -0.4 is 20.9 Å². The zero-order chi connectivity index (χ0) is 23.3. The van der Waals surface area contributed by atoms with Crippen LogP contribution in [-0.2, 0) is 17.9 Å². The summed E-state index contributed by atoms with van der Waals surface area (Å²) in [5.74, 6) is -0.177.